The van der Waals surface area contributed by atoms with Crippen LogP contribution in [0, 0.1) is 0 Å². The molecular formula is C104H71BrN6S4. The van der Waals surface area contributed by atoms with Gasteiger partial charge in [0.2, 0.25) is 0 Å². The largest absolute Gasteiger partial charge is 0.310 e. The summed E-state index contributed by atoms with van der Waals surface area (Å²) in [6.45, 7) is 9.54. The van der Waals surface area contributed by atoms with E-state index in [9.17, 15) is 0 Å². The SMILES string of the molecule is Brc1cccc(-c2nc(-c3ccccc3)nc(-c3ccccc3)n2)c1.CC1(C)c2ccccc2-c2cc3c(cc21)Cc1ccccc1C31c2ccsc2-c2sccc21.CC1(C)c2ccccc2-c2cc3c(cc21)N(c1cccc(-c2nc(-c4ccccc4)cc(-c4ccccc4)n2)c1)c1ccccc1C31c2ccsc2-c2sccc21. The lowest BCUT2D eigenvalue weighted by Crippen LogP contribution is -2.36. The fraction of sp³-hybridized carbons (Fsp3) is 0.0865. The van der Waals surface area contributed by atoms with Crippen molar-refractivity contribution in [2.24, 2.45) is 0 Å². The predicted molar refractivity (Wildman–Crippen MR) is 481 cm³/mol. The molecule has 0 radical (unpaired) electrons. The molecule has 6 aromatic heterocycles. The summed E-state index contributed by atoms with van der Waals surface area (Å²) in [5.41, 5.74) is 35.9. The van der Waals surface area contributed by atoms with Crippen molar-refractivity contribution in [3.63, 3.8) is 0 Å². The van der Waals surface area contributed by atoms with Crippen LogP contribution in [0.2, 0.25) is 0 Å². The number of fused-ring (bicyclic) bond motifs is 24. The first-order valence-corrected chi connectivity index (χ1v) is 43.3. The van der Waals surface area contributed by atoms with E-state index in [1.165, 1.54) is 131 Å². The second kappa shape index (κ2) is 27.0. The monoisotopic (exact) mass is 1610 g/mol. The molecule has 0 amide bonds. The Morgan fingerprint density at radius 1 is 0.270 bits per heavy atom. The van der Waals surface area contributed by atoms with E-state index in [0.717, 1.165) is 61.3 Å². The minimum Gasteiger partial charge on any atom is -0.310 e. The lowest BCUT2D eigenvalue weighted by molar-refractivity contribution is 0.655. The number of thiophene rings is 4. The van der Waals surface area contributed by atoms with E-state index in [4.69, 9.17) is 19.9 Å². The number of para-hydroxylation sites is 1. The standard InChI is InChI=1S/C52H35N3S2.C31H22S2.C21H14BrN3/c1-51(2)38-21-10-9-20-36(38)37-29-43-47(30-42(37)51)55(46-23-12-11-22-39(46)52(43)40-24-26-56-48(40)49-41(52)25-27-57-49)35-19-13-18-34(28-35)50-53-44(32-14-5-3-6-15-32)31-45(54-50)33-16-7-4-8-17-33;1-30(2)23-10-6-4-8-20(23)21-17-26-19(16-27(21)30)15-18-7-3-5-9-22(18)31(26)24-11-13-32-28(24)29-25(31)12-14-33-29;22-18-13-7-12-17(14-18)21-24-19(15-8-3-1-4-9-15)23-20(25-21)16-10-5-2-6-11-16/h3-31H,1-2H3;3-14,16-17H,15H2,1-2H3;1-14H. The normalized spacial score (nSPS) is 14.5. The fourth-order valence-corrected chi connectivity index (χ4v) is 24.0. The lowest BCUT2D eigenvalue weighted by Gasteiger charge is -2.45. The maximum atomic E-state index is 5.23. The molecule has 1 aliphatic heterocycles. The number of aromatic nitrogens is 5. The van der Waals surface area contributed by atoms with Gasteiger partial charge in [-0.05, 0) is 207 Å². The van der Waals surface area contributed by atoms with E-state index in [1.54, 1.807) is 0 Å². The van der Waals surface area contributed by atoms with E-state index in [0.29, 0.717) is 23.3 Å². The Bertz CT molecular complexity index is 6740. The molecule has 0 bridgehead atoms. The molecule has 18 aromatic rings. The van der Waals surface area contributed by atoms with Gasteiger partial charge in [-0.25, -0.2) is 24.9 Å². The molecule has 24 rings (SSSR count). The van der Waals surface area contributed by atoms with Crippen molar-refractivity contribution in [3.8, 4) is 110 Å². The molecule has 6 nitrogen and oxygen atoms in total. The van der Waals surface area contributed by atoms with Crippen molar-refractivity contribution in [2.45, 2.75) is 55.8 Å². The van der Waals surface area contributed by atoms with Gasteiger partial charge in [-0.2, -0.15) is 0 Å². The van der Waals surface area contributed by atoms with Crippen LogP contribution in [0.5, 0.6) is 0 Å². The molecule has 0 fully saturated rings. The van der Waals surface area contributed by atoms with Gasteiger partial charge in [0.15, 0.2) is 23.3 Å². The molecule has 0 unspecified atom stereocenters. The summed E-state index contributed by atoms with van der Waals surface area (Å²) >= 11 is 11.1. The van der Waals surface area contributed by atoms with Gasteiger partial charge in [0.05, 0.1) is 33.6 Å². The summed E-state index contributed by atoms with van der Waals surface area (Å²) in [4.78, 5) is 32.8. The molecule has 115 heavy (non-hydrogen) atoms. The minimum absolute atomic E-state index is 0.0296. The Kier molecular flexibility index (Phi) is 16.3. The Balaban J connectivity index is 0.000000117. The molecular weight excluding hydrogens is 1540 g/mol. The number of halogens is 1. The average Bonchev–Trinajstić information content (AvgIpc) is 1.53. The van der Waals surface area contributed by atoms with E-state index in [2.05, 4.69) is 299 Å². The number of nitrogens with zero attached hydrogens (tertiary/aromatic N) is 6. The number of hydrogen-bond donors (Lipinski definition) is 0. The van der Waals surface area contributed by atoms with Gasteiger partial charge in [0.1, 0.15) is 0 Å². The van der Waals surface area contributed by atoms with Gasteiger partial charge in [-0.15, -0.1) is 45.3 Å². The van der Waals surface area contributed by atoms with Gasteiger partial charge in [0.25, 0.3) is 0 Å². The van der Waals surface area contributed by atoms with Crippen LogP contribution in [0.25, 0.3) is 110 Å². The van der Waals surface area contributed by atoms with Gasteiger partial charge in [0, 0.05) is 73.9 Å². The first-order valence-electron chi connectivity index (χ1n) is 39.0. The van der Waals surface area contributed by atoms with Crippen molar-refractivity contribution < 1.29 is 0 Å². The van der Waals surface area contributed by atoms with Crippen LogP contribution in [-0.4, -0.2) is 24.9 Å². The van der Waals surface area contributed by atoms with Crippen LogP contribution in [0.3, 0.4) is 0 Å². The minimum atomic E-state index is -0.445. The van der Waals surface area contributed by atoms with E-state index in [1.807, 2.05) is 142 Å². The molecule has 548 valence electrons. The van der Waals surface area contributed by atoms with Crippen molar-refractivity contribution >= 4 is 78.3 Å². The highest BCUT2D eigenvalue weighted by atomic mass is 79.9. The molecule has 7 heterocycles. The summed E-state index contributed by atoms with van der Waals surface area (Å²) in [7, 11) is 0. The summed E-state index contributed by atoms with van der Waals surface area (Å²) in [6.07, 6.45) is 1.01. The van der Waals surface area contributed by atoms with Crippen molar-refractivity contribution in [1.82, 2.24) is 24.9 Å². The second-order valence-corrected chi connectivity index (χ2v) is 36.0. The van der Waals surface area contributed by atoms with Crippen molar-refractivity contribution in [1.29, 1.82) is 0 Å². The summed E-state index contributed by atoms with van der Waals surface area (Å²) in [6, 6.07) is 116. The maximum Gasteiger partial charge on any atom is 0.164 e. The first-order chi connectivity index (χ1) is 56.4. The van der Waals surface area contributed by atoms with Crippen LogP contribution < -0.4 is 4.90 Å². The van der Waals surface area contributed by atoms with E-state index >= 15 is 0 Å². The molecule has 0 saturated heterocycles. The highest BCUT2D eigenvalue weighted by molar-refractivity contribution is 9.10. The first kappa shape index (κ1) is 69.5. The second-order valence-electron chi connectivity index (χ2n) is 31.4. The zero-order chi connectivity index (χ0) is 76.9. The van der Waals surface area contributed by atoms with Crippen LogP contribution in [0.1, 0.15) is 106 Å². The number of rotatable bonds is 7. The van der Waals surface area contributed by atoms with Crippen LogP contribution >= 0.6 is 61.3 Å². The summed E-state index contributed by atoms with van der Waals surface area (Å²) < 4.78 is 0.993. The fourth-order valence-electron chi connectivity index (χ4n) is 19.5. The van der Waals surface area contributed by atoms with Crippen molar-refractivity contribution in [3.05, 3.63) is 425 Å². The smallest absolute Gasteiger partial charge is 0.164 e. The van der Waals surface area contributed by atoms with Crippen LogP contribution in [0.15, 0.2) is 348 Å². The quantitative estimate of drug-likeness (QED) is 0.158. The number of hydrogen-bond acceptors (Lipinski definition) is 10. The van der Waals surface area contributed by atoms with Gasteiger partial charge in [-0.3, -0.25) is 0 Å². The molecule has 11 heteroatoms. The van der Waals surface area contributed by atoms with E-state index < -0.39 is 5.41 Å². The molecule has 6 aliphatic rings. The van der Waals surface area contributed by atoms with E-state index in [-0.39, 0.29) is 16.2 Å². The average molecular weight is 1610 g/mol. The third kappa shape index (κ3) is 10.7. The molecule has 2 spiro atoms. The topological polar surface area (TPSA) is 67.7 Å². The highest BCUT2D eigenvalue weighted by Crippen LogP contribution is 2.68. The Morgan fingerprint density at radius 3 is 1.19 bits per heavy atom. The Labute approximate surface area is 693 Å². The maximum absolute atomic E-state index is 5.23. The van der Waals surface area contributed by atoms with Gasteiger partial charge >= 0.3 is 0 Å². The highest BCUT2D eigenvalue weighted by Gasteiger charge is 2.55. The third-order valence-electron chi connectivity index (χ3n) is 24.6. The Morgan fingerprint density at radius 2 is 0.670 bits per heavy atom. The molecule has 0 N–H and O–H groups in total. The molecule has 0 atom stereocenters. The molecule has 0 saturated carbocycles. The van der Waals surface area contributed by atoms with Crippen molar-refractivity contribution in [2.75, 3.05) is 4.90 Å². The molecule has 5 aliphatic carbocycles. The van der Waals surface area contributed by atoms with Crippen LogP contribution in [0.4, 0.5) is 17.1 Å². The third-order valence-corrected chi connectivity index (χ3v) is 29.1. The number of benzene rings is 12. The lowest BCUT2D eigenvalue weighted by atomic mass is 9.61. The summed E-state index contributed by atoms with van der Waals surface area (Å²) in [5.74, 6) is 2.70. The van der Waals surface area contributed by atoms with Gasteiger partial charge in [-0.1, -0.05) is 286 Å². The Hall–Kier alpha value is -12.2. The number of anilines is 3. The molecule has 12 aromatic carbocycles. The zero-order valence-electron chi connectivity index (χ0n) is 63.3. The summed E-state index contributed by atoms with van der Waals surface area (Å²) in [5, 5.41) is 9.15. The zero-order valence-corrected chi connectivity index (χ0v) is 68.2. The predicted octanol–water partition coefficient (Wildman–Crippen LogP) is 28.1. The van der Waals surface area contributed by atoms with Gasteiger partial charge < -0.3 is 4.90 Å². The van der Waals surface area contributed by atoms with Crippen LogP contribution in [-0.2, 0) is 28.1 Å².